The molecule has 0 saturated heterocycles. The first kappa shape index (κ1) is 9.86. The van der Waals surface area contributed by atoms with Crippen LogP contribution in [-0.2, 0) is 7.05 Å². The van der Waals surface area contributed by atoms with E-state index >= 15 is 0 Å². The summed E-state index contributed by atoms with van der Waals surface area (Å²) < 4.78 is 3.15. The average molecular weight is 247 g/mol. The van der Waals surface area contributed by atoms with E-state index in [1.807, 2.05) is 23.7 Å². The minimum absolute atomic E-state index is 0.632. The quantitative estimate of drug-likeness (QED) is 0.670. The Morgan fingerprint density at radius 1 is 1.25 bits per heavy atom. The molecule has 80 valence electrons. The van der Waals surface area contributed by atoms with Crippen LogP contribution in [0.15, 0.2) is 35.5 Å². The molecule has 0 aliphatic heterocycles. The molecule has 2 aromatic heterocycles. The van der Waals surface area contributed by atoms with E-state index in [2.05, 4.69) is 41.0 Å². The number of nitrogens with zero attached hydrogens (tertiary/aromatic N) is 3. The summed E-state index contributed by atoms with van der Waals surface area (Å²) >= 11 is 5.95. The molecule has 3 nitrogen and oxygen atoms in total. The van der Waals surface area contributed by atoms with Gasteiger partial charge in [-0.3, -0.25) is 0 Å². The molecular weight excluding hydrogens is 238 g/mol. The summed E-state index contributed by atoms with van der Waals surface area (Å²) in [6, 6.07) is 10.4. The number of aromatic nitrogens is 3. The Balaban J connectivity index is 2.23. The molecule has 5 heteroatoms. The van der Waals surface area contributed by atoms with E-state index < -0.39 is 0 Å². The molecule has 0 aliphatic rings. The summed E-state index contributed by atoms with van der Waals surface area (Å²) in [7, 11) is 1.92. The molecule has 3 aromatic rings. The van der Waals surface area contributed by atoms with E-state index in [0.29, 0.717) is 5.16 Å². The van der Waals surface area contributed by atoms with Crippen LogP contribution in [0.4, 0.5) is 0 Å². The minimum Gasteiger partial charge on any atom is -0.305 e. The van der Waals surface area contributed by atoms with Crippen LogP contribution in [0.5, 0.6) is 0 Å². The first-order valence-electron chi connectivity index (χ1n) is 4.83. The second-order valence-electron chi connectivity index (χ2n) is 3.53. The van der Waals surface area contributed by atoms with Gasteiger partial charge in [0.2, 0.25) is 0 Å². The average Bonchev–Trinajstić information content (AvgIpc) is 2.84. The van der Waals surface area contributed by atoms with E-state index in [0.717, 1.165) is 10.7 Å². The first-order chi connectivity index (χ1) is 7.75. The molecular formula is C11H9N3S2. The monoisotopic (exact) mass is 247 g/mol. The van der Waals surface area contributed by atoms with E-state index in [1.165, 1.54) is 10.1 Å². The maximum atomic E-state index is 4.23. The summed E-state index contributed by atoms with van der Waals surface area (Å²) in [6.07, 6.45) is 0. The number of rotatable bonds is 1. The number of hydrogen-bond donors (Lipinski definition) is 1. The van der Waals surface area contributed by atoms with Crippen LogP contribution >= 0.6 is 24.0 Å². The smallest absolute Gasteiger partial charge is 0.188 e. The van der Waals surface area contributed by atoms with Crippen LogP contribution in [-0.4, -0.2) is 14.8 Å². The second kappa shape index (κ2) is 3.61. The Kier molecular flexibility index (Phi) is 2.22. The molecule has 0 N–H and O–H groups in total. The predicted octanol–water partition coefficient (Wildman–Crippen LogP) is 2.99. The van der Waals surface area contributed by atoms with E-state index in [4.69, 9.17) is 0 Å². The summed E-state index contributed by atoms with van der Waals surface area (Å²) in [5.41, 5.74) is 0. The summed E-state index contributed by atoms with van der Waals surface area (Å²) in [5, 5.41) is 9.95. The third-order valence-electron chi connectivity index (χ3n) is 2.50. The summed E-state index contributed by atoms with van der Waals surface area (Å²) in [6.45, 7) is 0. The number of thiol groups is 1. The van der Waals surface area contributed by atoms with Crippen LogP contribution in [0.2, 0.25) is 0 Å². The van der Waals surface area contributed by atoms with Crippen molar-refractivity contribution >= 4 is 34.1 Å². The molecule has 0 bridgehead atoms. The van der Waals surface area contributed by atoms with Crippen LogP contribution in [0.1, 0.15) is 0 Å². The standard InChI is InChI=1S/C11H9N3S2/c1-14-10(12-13-11(14)15)9-6-7-4-2-3-5-8(7)16-9/h2-6H,1H3,(H,13,15). The highest BCUT2D eigenvalue weighted by Crippen LogP contribution is 2.32. The number of thiophene rings is 1. The zero-order valence-electron chi connectivity index (χ0n) is 8.58. The van der Waals surface area contributed by atoms with Crippen molar-refractivity contribution in [2.24, 2.45) is 7.05 Å². The lowest BCUT2D eigenvalue weighted by molar-refractivity contribution is 0.799. The van der Waals surface area contributed by atoms with Gasteiger partial charge in [0.25, 0.3) is 0 Å². The Hall–Kier alpha value is -1.33. The molecule has 0 unspecified atom stereocenters. The van der Waals surface area contributed by atoms with Crippen LogP contribution < -0.4 is 0 Å². The zero-order chi connectivity index (χ0) is 11.1. The van der Waals surface area contributed by atoms with Gasteiger partial charge in [-0.15, -0.1) is 34.2 Å². The van der Waals surface area contributed by atoms with Crippen molar-refractivity contribution in [3.63, 3.8) is 0 Å². The summed E-state index contributed by atoms with van der Waals surface area (Å²) in [5.74, 6) is 0.867. The van der Waals surface area contributed by atoms with Crippen LogP contribution in [0, 0.1) is 0 Å². The molecule has 0 saturated carbocycles. The molecule has 0 fully saturated rings. The highest BCUT2D eigenvalue weighted by molar-refractivity contribution is 7.80. The molecule has 0 aliphatic carbocycles. The molecule has 0 radical (unpaired) electrons. The SMILES string of the molecule is Cn1c(S)nnc1-c1cc2ccccc2s1. The third kappa shape index (κ3) is 1.44. The van der Waals surface area contributed by atoms with Gasteiger partial charge >= 0.3 is 0 Å². The fourth-order valence-corrected chi connectivity index (χ4v) is 2.85. The maximum absolute atomic E-state index is 4.23. The second-order valence-corrected chi connectivity index (χ2v) is 5.01. The van der Waals surface area contributed by atoms with Crippen molar-refractivity contribution in [3.8, 4) is 10.7 Å². The van der Waals surface area contributed by atoms with Gasteiger partial charge in [0.15, 0.2) is 11.0 Å². The normalized spacial score (nSPS) is 11.1. The molecule has 0 amide bonds. The molecule has 16 heavy (non-hydrogen) atoms. The van der Waals surface area contributed by atoms with E-state index in [9.17, 15) is 0 Å². The van der Waals surface area contributed by atoms with Gasteiger partial charge in [-0.1, -0.05) is 18.2 Å². The van der Waals surface area contributed by atoms with Crippen molar-refractivity contribution in [2.75, 3.05) is 0 Å². The fraction of sp³-hybridized carbons (Fsp3) is 0.0909. The van der Waals surface area contributed by atoms with E-state index in [1.54, 1.807) is 11.3 Å². The van der Waals surface area contributed by atoms with E-state index in [-0.39, 0.29) is 0 Å². The maximum Gasteiger partial charge on any atom is 0.188 e. The Labute approximate surface area is 102 Å². The van der Waals surface area contributed by atoms with Crippen molar-refractivity contribution in [2.45, 2.75) is 5.16 Å². The minimum atomic E-state index is 0.632. The van der Waals surface area contributed by atoms with Crippen LogP contribution in [0.25, 0.3) is 20.8 Å². The first-order valence-corrected chi connectivity index (χ1v) is 6.09. The summed E-state index contributed by atoms with van der Waals surface area (Å²) in [4.78, 5) is 1.12. The molecule has 3 rings (SSSR count). The van der Waals surface area contributed by atoms with Gasteiger partial charge < -0.3 is 4.57 Å². The fourth-order valence-electron chi connectivity index (χ4n) is 1.63. The zero-order valence-corrected chi connectivity index (χ0v) is 10.3. The number of fused-ring (bicyclic) bond motifs is 1. The van der Waals surface area contributed by atoms with Gasteiger partial charge in [0, 0.05) is 11.7 Å². The van der Waals surface area contributed by atoms with Crippen molar-refractivity contribution in [1.29, 1.82) is 0 Å². The van der Waals surface area contributed by atoms with Gasteiger partial charge in [-0.05, 0) is 17.5 Å². The number of benzene rings is 1. The topological polar surface area (TPSA) is 30.7 Å². The Bertz CT molecular complexity index is 621. The Morgan fingerprint density at radius 3 is 2.75 bits per heavy atom. The molecule has 0 atom stereocenters. The van der Waals surface area contributed by atoms with Gasteiger partial charge in [0.05, 0.1) is 4.88 Å². The van der Waals surface area contributed by atoms with Crippen LogP contribution in [0.3, 0.4) is 0 Å². The van der Waals surface area contributed by atoms with Gasteiger partial charge in [-0.25, -0.2) is 0 Å². The van der Waals surface area contributed by atoms with Crippen molar-refractivity contribution in [1.82, 2.24) is 14.8 Å². The number of hydrogen-bond acceptors (Lipinski definition) is 4. The van der Waals surface area contributed by atoms with Crippen molar-refractivity contribution < 1.29 is 0 Å². The van der Waals surface area contributed by atoms with Gasteiger partial charge in [0.1, 0.15) is 0 Å². The molecule has 2 heterocycles. The largest absolute Gasteiger partial charge is 0.305 e. The van der Waals surface area contributed by atoms with Gasteiger partial charge in [-0.2, -0.15) is 0 Å². The van der Waals surface area contributed by atoms with Crippen molar-refractivity contribution in [3.05, 3.63) is 30.3 Å². The highest BCUT2D eigenvalue weighted by atomic mass is 32.1. The predicted molar refractivity (Wildman–Crippen MR) is 69.1 cm³/mol. The highest BCUT2D eigenvalue weighted by Gasteiger charge is 2.11. The molecule has 1 aromatic carbocycles. The lowest BCUT2D eigenvalue weighted by Crippen LogP contribution is -1.90. The lowest BCUT2D eigenvalue weighted by Gasteiger charge is -1.96. The third-order valence-corrected chi connectivity index (χ3v) is 4.00. The Morgan fingerprint density at radius 2 is 2.06 bits per heavy atom. The molecule has 0 spiro atoms. The lowest BCUT2D eigenvalue weighted by atomic mass is 10.2.